The minimum Gasteiger partial charge on any atom is -0.355 e. The molecule has 0 bridgehead atoms. The van der Waals surface area contributed by atoms with E-state index in [1.807, 2.05) is 6.92 Å². The number of hydrogen-bond acceptors (Lipinski definition) is 3. The van der Waals surface area contributed by atoms with Crippen molar-refractivity contribution in [2.45, 2.75) is 25.7 Å². The number of rotatable bonds is 6. The van der Waals surface area contributed by atoms with Gasteiger partial charge in [-0.25, -0.2) is 8.42 Å². The van der Waals surface area contributed by atoms with E-state index in [0.29, 0.717) is 6.54 Å². The summed E-state index contributed by atoms with van der Waals surface area (Å²) < 4.78 is 25.9. The van der Waals surface area contributed by atoms with Crippen LogP contribution in [0.15, 0.2) is 29.2 Å². The lowest BCUT2D eigenvalue weighted by Gasteiger charge is -2.19. The molecule has 1 N–H and O–H groups in total. The van der Waals surface area contributed by atoms with E-state index in [4.69, 9.17) is 0 Å². The van der Waals surface area contributed by atoms with Crippen molar-refractivity contribution >= 4 is 15.9 Å². The van der Waals surface area contributed by atoms with E-state index in [1.165, 1.54) is 4.31 Å². The zero-order valence-corrected chi connectivity index (χ0v) is 12.3. The Morgan fingerprint density at radius 2 is 1.79 bits per heavy atom. The molecule has 0 unspecified atom stereocenters. The molecule has 0 fully saturated rings. The first-order valence-corrected chi connectivity index (χ1v) is 7.69. The normalized spacial score (nSPS) is 11.6. The van der Waals surface area contributed by atoms with Gasteiger partial charge in [0, 0.05) is 13.1 Å². The van der Waals surface area contributed by atoms with E-state index < -0.39 is 10.0 Å². The van der Waals surface area contributed by atoms with E-state index >= 15 is 0 Å². The molecule has 6 heteroatoms. The van der Waals surface area contributed by atoms with Crippen molar-refractivity contribution in [1.82, 2.24) is 9.62 Å². The summed E-state index contributed by atoms with van der Waals surface area (Å²) >= 11 is 0. The molecule has 0 aliphatic heterocycles. The van der Waals surface area contributed by atoms with Crippen molar-refractivity contribution in [3.8, 4) is 0 Å². The van der Waals surface area contributed by atoms with Gasteiger partial charge in [0.1, 0.15) is 0 Å². The Kier molecular flexibility index (Phi) is 5.50. The van der Waals surface area contributed by atoms with Gasteiger partial charge >= 0.3 is 0 Å². The highest BCUT2D eigenvalue weighted by Crippen LogP contribution is 2.15. The molecule has 0 radical (unpaired) electrons. The highest BCUT2D eigenvalue weighted by atomic mass is 32.2. The van der Waals surface area contributed by atoms with Crippen LogP contribution in [-0.4, -0.2) is 38.3 Å². The van der Waals surface area contributed by atoms with E-state index in [1.54, 1.807) is 38.1 Å². The van der Waals surface area contributed by atoms with Crippen LogP contribution in [0.25, 0.3) is 0 Å². The lowest BCUT2D eigenvalue weighted by molar-refractivity contribution is -0.121. The molecule has 0 saturated heterocycles. The van der Waals surface area contributed by atoms with E-state index in [-0.39, 0.29) is 23.9 Å². The molecule has 1 rings (SSSR count). The molecule has 1 aromatic carbocycles. The number of likely N-dealkylation sites (N-methyl/N-ethyl adjacent to an activating group) is 2. The van der Waals surface area contributed by atoms with Crippen molar-refractivity contribution in [3.05, 3.63) is 29.8 Å². The molecule has 19 heavy (non-hydrogen) atoms. The summed E-state index contributed by atoms with van der Waals surface area (Å²) in [5, 5.41) is 2.60. The fourth-order valence-electron chi connectivity index (χ4n) is 1.64. The number of carbonyl (C=O) groups is 1. The van der Waals surface area contributed by atoms with E-state index in [2.05, 4.69) is 5.32 Å². The second-order valence-electron chi connectivity index (χ2n) is 4.20. The quantitative estimate of drug-likeness (QED) is 0.852. The first kappa shape index (κ1) is 15.7. The smallest absolute Gasteiger partial charge is 0.243 e. The van der Waals surface area contributed by atoms with Crippen LogP contribution in [0.5, 0.6) is 0 Å². The third-order valence-corrected chi connectivity index (χ3v) is 4.64. The average molecular weight is 284 g/mol. The van der Waals surface area contributed by atoms with Crippen molar-refractivity contribution in [1.29, 1.82) is 0 Å². The molecule has 0 aliphatic rings. The van der Waals surface area contributed by atoms with Gasteiger partial charge in [0.25, 0.3) is 0 Å². The topological polar surface area (TPSA) is 66.5 Å². The van der Waals surface area contributed by atoms with Crippen LogP contribution in [0.1, 0.15) is 19.4 Å². The molecule has 1 amide bonds. The number of carbonyl (C=O) groups excluding carboxylic acids is 1. The fraction of sp³-hybridized carbons (Fsp3) is 0.462. The van der Waals surface area contributed by atoms with Crippen molar-refractivity contribution in [2.24, 2.45) is 0 Å². The van der Waals surface area contributed by atoms with Crippen LogP contribution in [-0.2, 0) is 14.8 Å². The Balaban J connectivity index is 2.95. The minimum atomic E-state index is -3.61. The molecule has 0 aliphatic carbocycles. The molecule has 5 nitrogen and oxygen atoms in total. The first-order valence-electron chi connectivity index (χ1n) is 6.25. The Morgan fingerprint density at radius 1 is 1.21 bits per heavy atom. The molecule has 0 spiro atoms. The van der Waals surface area contributed by atoms with Crippen molar-refractivity contribution < 1.29 is 13.2 Å². The zero-order valence-electron chi connectivity index (χ0n) is 11.5. The van der Waals surface area contributed by atoms with Gasteiger partial charge in [-0.3, -0.25) is 4.79 Å². The Morgan fingerprint density at radius 3 is 2.26 bits per heavy atom. The number of nitrogens with zero attached hydrogens (tertiary/aromatic N) is 1. The summed E-state index contributed by atoms with van der Waals surface area (Å²) in [5.74, 6) is -0.292. The van der Waals surface area contributed by atoms with Gasteiger partial charge in [-0.2, -0.15) is 4.31 Å². The van der Waals surface area contributed by atoms with Gasteiger partial charge in [0.15, 0.2) is 0 Å². The van der Waals surface area contributed by atoms with Crippen LogP contribution in [0.4, 0.5) is 0 Å². The maximum Gasteiger partial charge on any atom is 0.243 e. The summed E-state index contributed by atoms with van der Waals surface area (Å²) in [6.07, 6.45) is 0. The number of hydrogen-bond donors (Lipinski definition) is 1. The predicted octanol–water partition coefficient (Wildman–Crippen LogP) is 1.14. The molecule has 1 aromatic rings. The Hall–Kier alpha value is -1.40. The maximum atomic E-state index is 12.4. The highest BCUT2D eigenvalue weighted by Gasteiger charge is 2.24. The molecule has 0 atom stereocenters. The number of aryl methyl sites for hydroxylation is 1. The number of sulfonamides is 1. The average Bonchev–Trinajstić information content (AvgIpc) is 2.36. The van der Waals surface area contributed by atoms with Crippen molar-refractivity contribution in [2.75, 3.05) is 19.6 Å². The molecule has 0 saturated carbocycles. The fourth-order valence-corrected chi connectivity index (χ4v) is 3.04. The lowest BCUT2D eigenvalue weighted by atomic mass is 10.2. The lowest BCUT2D eigenvalue weighted by Crippen LogP contribution is -2.40. The molecular formula is C13H20N2O3S. The van der Waals surface area contributed by atoms with Crippen LogP contribution in [0, 0.1) is 6.92 Å². The summed E-state index contributed by atoms with van der Waals surface area (Å²) in [6.45, 7) is 5.99. The Bertz CT molecular complexity index is 523. The number of nitrogens with one attached hydrogen (secondary N) is 1. The van der Waals surface area contributed by atoms with E-state index in [9.17, 15) is 13.2 Å². The third kappa shape index (κ3) is 4.04. The minimum absolute atomic E-state index is 0.152. The standard InChI is InChI=1S/C13H20N2O3S/c1-4-14-13(16)10-15(5-2)19(17,18)12-8-6-11(3)7-9-12/h6-9H,4-5,10H2,1-3H3,(H,14,16). The summed E-state index contributed by atoms with van der Waals surface area (Å²) in [5.41, 5.74) is 0.991. The number of benzene rings is 1. The summed E-state index contributed by atoms with van der Waals surface area (Å²) in [6, 6.07) is 6.61. The van der Waals surface area contributed by atoms with Crippen LogP contribution in [0.2, 0.25) is 0 Å². The third-order valence-electron chi connectivity index (χ3n) is 2.71. The second-order valence-corrected chi connectivity index (χ2v) is 6.14. The van der Waals surface area contributed by atoms with Gasteiger partial charge < -0.3 is 5.32 Å². The summed E-state index contributed by atoms with van der Waals surface area (Å²) in [4.78, 5) is 11.7. The van der Waals surface area contributed by atoms with E-state index in [0.717, 1.165) is 5.56 Å². The second kappa shape index (κ2) is 6.68. The van der Waals surface area contributed by atoms with Gasteiger partial charge in [0.05, 0.1) is 11.4 Å². The van der Waals surface area contributed by atoms with Crippen molar-refractivity contribution in [3.63, 3.8) is 0 Å². The largest absolute Gasteiger partial charge is 0.355 e. The van der Waals surface area contributed by atoms with Gasteiger partial charge in [-0.15, -0.1) is 0 Å². The van der Waals surface area contributed by atoms with Gasteiger partial charge in [-0.1, -0.05) is 24.6 Å². The van der Waals surface area contributed by atoms with Crippen LogP contribution < -0.4 is 5.32 Å². The SMILES string of the molecule is CCNC(=O)CN(CC)S(=O)(=O)c1ccc(C)cc1. The molecule has 0 aromatic heterocycles. The molecule has 106 valence electrons. The summed E-state index contributed by atoms with van der Waals surface area (Å²) in [7, 11) is -3.61. The monoisotopic (exact) mass is 284 g/mol. The molecular weight excluding hydrogens is 264 g/mol. The van der Waals surface area contributed by atoms with Crippen LogP contribution in [0.3, 0.4) is 0 Å². The van der Waals surface area contributed by atoms with Gasteiger partial charge in [-0.05, 0) is 26.0 Å². The highest BCUT2D eigenvalue weighted by molar-refractivity contribution is 7.89. The first-order chi connectivity index (χ1) is 8.91. The Labute approximate surface area is 114 Å². The molecule has 0 heterocycles. The predicted molar refractivity (Wildman–Crippen MR) is 74.3 cm³/mol. The van der Waals surface area contributed by atoms with Gasteiger partial charge in [0.2, 0.25) is 15.9 Å². The number of amides is 1. The zero-order chi connectivity index (χ0) is 14.5. The maximum absolute atomic E-state index is 12.4. The van der Waals surface area contributed by atoms with Crippen LogP contribution >= 0.6 is 0 Å².